The molecule has 1 fully saturated rings. The molecule has 0 saturated carbocycles. The number of nitrogens with one attached hydrogen (secondary N) is 1. The fourth-order valence-electron chi connectivity index (χ4n) is 1.99. The quantitative estimate of drug-likeness (QED) is 0.440. The number of hydrogen-bond acceptors (Lipinski definition) is 4. The molecular weight excluding hydrogens is 396 g/mol. The highest BCUT2D eigenvalue weighted by molar-refractivity contribution is 9.10. The second-order valence-electron chi connectivity index (χ2n) is 5.03. The van der Waals surface area contributed by atoms with Crippen molar-refractivity contribution < 1.29 is 9.59 Å². The Bertz CT molecular complexity index is 661. The molecule has 122 valence electrons. The van der Waals surface area contributed by atoms with E-state index < -0.39 is 0 Å². The van der Waals surface area contributed by atoms with Crippen LogP contribution in [0.1, 0.15) is 25.3 Å². The van der Waals surface area contributed by atoms with E-state index in [9.17, 15) is 9.59 Å². The Hall–Kier alpha value is -1.18. The average Bonchev–Trinajstić information content (AvgIpc) is 2.75. The van der Waals surface area contributed by atoms with Crippen molar-refractivity contribution in [3.8, 4) is 0 Å². The van der Waals surface area contributed by atoms with Crippen molar-refractivity contribution in [3.05, 3.63) is 39.2 Å². The van der Waals surface area contributed by atoms with Crippen LogP contribution >= 0.6 is 39.9 Å². The van der Waals surface area contributed by atoms with Crippen LogP contribution < -0.4 is 5.32 Å². The smallest absolute Gasteiger partial charge is 0.266 e. The maximum atomic E-state index is 12.4. The molecule has 0 aromatic heterocycles. The molecule has 1 aromatic carbocycles. The molecule has 1 saturated heterocycles. The number of thioether (sulfide) groups is 1. The van der Waals surface area contributed by atoms with E-state index in [0.29, 0.717) is 15.8 Å². The monoisotopic (exact) mass is 412 g/mol. The molecule has 23 heavy (non-hydrogen) atoms. The Morgan fingerprint density at radius 1 is 1.48 bits per heavy atom. The number of amides is 2. The normalized spacial score (nSPS) is 16.3. The number of carbonyl (C=O) groups excluding carboxylic acids is 2. The van der Waals surface area contributed by atoms with Crippen LogP contribution in [0.25, 0.3) is 6.08 Å². The lowest BCUT2D eigenvalue weighted by atomic mass is 10.2. The van der Waals surface area contributed by atoms with E-state index >= 15 is 0 Å². The summed E-state index contributed by atoms with van der Waals surface area (Å²) in [5.41, 5.74) is 0.910. The van der Waals surface area contributed by atoms with Crippen LogP contribution in [0, 0.1) is 0 Å². The number of unbranched alkanes of at least 4 members (excludes halogenated alkanes) is 1. The van der Waals surface area contributed by atoms with Gasteiger partial charge in [0.25, 0.3) is 5.91 Å². The summed E-state index contributed by atoms with van der Waals surface area (Å²) in [5.74, 6) is -0.399. The third-order valence-corrected chi connectivity index (χ3v) is 5.05. The largest absolute Gasteiger partial charge is 0.355 e. The number of hydrogen-bond donors (Lipinski definition) is 1. The van der Waals surface area contributed by atoms with Gasteiger partial charge in [-0.05, 0) is 30.2 Å². The number of rotatable bonds is 6. The first-order chi connectivity index (χ1) is 11.0. The maximum absolute atomic E-state index is 12.4. The van der Waals surface area contributed by atoms with Gasteiger partial charge in [0.1, 0.15) is 10.9 Å². The van der Waals surface area contributed by atoms with Crippen molar-refractivity contribution in [2.75, 3.05) is 13.1 Å². The van der Waals surface area contributed by atoms with E-state index in [1.54, 1.807) is 6.08 Å². The van der Waals surface area contributed by atoms with Crippen LogP contribution in [0.3, 0.4) is 0 Å². The molecule has 0 atom stereocenters. The van der Waals surface area contributed by atoms with E-state index in [-0.39, 0.29) is 18.4 Å². The van der Waals surface area contributed by atoms with Crippen LogP contribution in [-0.4, -0.2) is 34.1 Å². The molecule has 2 amide bonds. The molecule has 1 aromatic rings. The summed E-state index contributed by atoms with van der Waals surface area (Å²) in [7, 11) is 0. The Morgan fingerprint density at radius 2 is 2.26 bits per heavy atom. The van der Waals surface area contributed by atoms with Gasteiger partial charge in [0.05, 0.1) is 4.91 Å². The highest BCUT2D eigenvalue weighted by atomic mass is 79.9. The van der Waals surface area contributed by atoms with E-state index in [2.05, 4.69) is 28.2 Å². The van der Waals surface area contributed by atoms with Gasteiger partial charge in [0.2, 0.25) is 5.91 Å². The Labute approximate surface area is 153 Å². The average molecular weight is 413 g/mol. The van der Waals surface area contributed by atoms with Crippen molar-refractivity contribution in [2.45, 2.75) is 19.8 Å². The Kier molecular flexibility index (Phi) is 6.80. The van der Waals surface area contributed by atoms with Gasteiger partial charge < -0.3 is 5.32 Å². The lowest BCUT2D eigenvalue weighted by Crippen LogP contribution is -2.39. The number of nitrogens with zero attached hydrogens (tertiary/aromatic N) is 1. The molecule has 0 radical (unpaired) electrons. The molecule has 2 rings (SSSR count). The molecule has 1 heterocycles. The van der Waals surface area contributed by atoms with E-state index in [4.69, 9.17) is 12.2 Å². The molecule has 4 nitrogen and oxygen atoms in total. The zero-order valence-corrected chi connectivity index (χ0v) is 15.9. The first-order valence-electron chi connectivity index (χ1n) is 7.29. The highest BCUT2D eigenvalue weighted by Gasteiger charge is 2.33. The summed E-state index contributed by atoms with van der Waals surface area (Å²) in [5, 5.41) is 2.80. The minimum Gasteiger partial charge on any atom is -0.355 e. The fourth-order valence-corrected chi connectivity index (χ4v) is 3.66. The summed E-state index contributed by atoms with van der Waals surface area (Å²) < 4.78 is 1.36. The summed E-state index contributed by atoms with van der Waals surface area (Å²) in [6.45, 7) is 2.66. The van der Waals surface area contributed by atoms with Gasteiger partial charge in [-0.1, -0.05) is 65.4 Å². The minimum absolute atomic E-state index is 0.0236. The molecule has 0 spiro atoms. The molecular formula is C16H17BrN2O2S2. The summed E-state index contributed by atoms with van der Waals surface area (Å²) in [4.78, 5) is 26.2. The third-order valence-electron chi connectivity index (χ3n) is 3.17. The van der Waals surface area contributed by atoms with Crippen molar-refractivity contribution in [1.82, 2.24) is 10.2 Å². The lowest BCUT2D eigenvalue weighted by Gasteiger charge is -2.13. The summed E-state index contributed by atoms with van der Waals surface area (Å²) in [6.07, 6.45) is 3.72. The zero-order valence-electron chi connectivity index (χ0n) is 12.7. The topological polar surface area (TPSA) is 49.4 Å². The molecule has 1 N–H and O–H groups in total. The van der Waals surface area contributed by atoms with Crippen LogP contribution in [0.2, 0.25) is 0 Å². The molecule has 1 aliphatic rings. The van der Waals surface area contributed by atoms with Gasteiger partial charge in [-0.15, -0.1) is 0 Å². The number of thiocarbonyl (C=S) groups is 1. The molecule has 0 aliphatic carbocycles. The van der Waals surface area contributed by atoms with Crippen LogP contribution in [-0.2, 0) is 9.59 Å². The van der Waals surface area contributed by atoms with E-state index in [1.807, 2.05) is 24.3 Å². The van der Waals surface area contributed by atoms with Crippen LogP contribution in [0.4, 0.5) is 0 Å². The van der Waals surface area contributed by atoms with E-state index in [1.165, 1.54) is 16.7 Å². The first-order valence-corrected chi connectivity index (χ1v) is 9.30. The van der Waals surface area contributed by atoms with Gasteiger partial charge in [-0.3, -0.25) is 14.5 Å². The predicted octanol–water partition coefficient (Wildman–Crippen LogP) is 3.57. The van der Waals surface area contributed by atoms with Gasteiger partial charge >= 0.3 is 0 Å². The SMILES string of the molecule is CCCCNC(=O)CN1C(=O)/C(=C/c2cccc(Br)c2)SC1=S. The van der Waals surface area contributed by atoms with Gasteiger partial charge in [-0.2, -0.15) is 0 Å². The molecule has 7 heteroatoms. The third kappa shape index (κ3) is 5.16. The number of carbonyl (C=O) groups is 2. The summed E-state index contributed by atoms with van der Waals surface area (Å²) in [6, 6.07) is 7.65. The highest BCUT2D eigenvalue weighted by Crippen LogP contribution is 2.32. The molecule has 0 bridgehead atoms. The predicted molar refractivity (Wildman–Crippen MR) is 102 cm³/mol. The number of halogens is 1. The zero-order chi connectivity index (χ0) is 16.8. The molecule has 0 unspecified atom stereocenters. The lowest BCUT2D eigenvalue weighted by molar-refractivity contribution is -0.128. The fraction of sp³-hybridized carbons (Fsp3) is 0.312. The second-order valence-corrected chi connectivity index (χ2v) is 7.62. The van der Waals surface area contributed by atoms with Crippen LogP contribution in [0.15, 0.2) is 33.6 Å². The van der Waals surface area contributed by atoms with Gasteiger partial charge in [0.15, 0.2) is 0 Å². The van der Waals surface area contributed by atoms with E-state index in [0.717, 1.165) is 22.9 Å². The van der Waals surface area contributed by atoms with Crippen molar-refractivity contribution in [3.63, 3.8) is 0 Å². The van der Waals surface area contributed by atoms with Crippen molar-refractivity contribution in [2.24, 2.45) is 0 Å². The van der Waals surface area contributed by atoms with Crippen molar-refractivity contribution >= 4 is 62.1 Å². The van der Waals surface area contributed by atoms with Gasteiger partial charge in [-0.25, -0.2) is 0 Å². The first kappa shape index (κ1) is 18.2. The van der Waals surface area contributed by atoms with Gasteiger partial charge in [0, 0.05) is 11.0 Å². The standard InChI is InChI=1S/C16H17BrN2O2S2/c1-2-3-7-18-14(20)10-19-15(21)13(23-16(19)22)9-11-5-4-6-12(17)8-11/h4-6,8-9H,2-3,7,10H2,1H3,(H,18,20)/b13-9-. The Balaban J connectivity index is 2.03. The van der Waals surface area contributed by atoms with Crippen LogP contribution in [0.5, 0.6) is 0 Å². The number of benzene rings is 1. The Morgan fingerprint density at radius 3 is 2.96 bits per heavy atom. The minimum atomic E-state index is -0.217. The molecule has 1 aliphatic heterocycles. The second kappa shape index (κ2) is 8.61. The maximum Gasteiger partial charge on any atom is 0.266 e. The summed E-state index contributed by atoms with van der Waals surface area (Å²) >= 11 is 9.86. The van der Waals surface area contributed by atoms with Crippen molar-refractivity contribution in [1.29, 1.82) is 0 Å².